The highest BCUT2D eigenvalue weighted by molar-refractivity contribution is 9.10. The van der Waals surface area contributed by atoms with Gasteiger partial charge < -0.3 is 9.72 Å². The molecule has 1 N–H and O–H groups in total. The minimum atomic E-state index is -0.655. The Morgan fingerprint density at radius 3 is 3.06 bits per heavy atom. The molecular formula is C14H14BrNO2. The number of carbonyl (C=O) groups is 1. The minimum absolute atomic E-state index is 0.0735. The Morgan fingerprint density at radius 1 is 1.50 bits per heavy atom. The van der Waals surface area contributed by atoms with Crippen LogP contribution in [0.3, 0.4) is 0 Å². The third-order valence-electron chi connectivity index (χ3n) is 3.59. The summed E-state index contributed by atoms with van der Waals surface area (Å²) in [7, 11) is 0. The van der Waals surface area contributed by atoms with Crippen LogP contribution < -0.4 is 0 Å². The van der Waals surface area contributed by atoms with Gasteiger partial charge in [0.05, 0.1) is 0 Å². The zero-order valence-electron chi connectivity index (χ0n) is 10.1. The summed E-state index contributed by atoms with van der Waals surface area (Å²) in [5, 5.41) is 0.950. The van der Waals surface area contributed by atoms with Crippen molar-refractivity contribution in [3.05, 3.63) is 34.4 Å². The van der Waals surface area contributed by atoms with E-state index in [0.29, 0.717) is 6.61 Å². The van der Waals surface area contributed by atoms with Gasteiger partial charge in [-0.25, -0.2) is 0 Å². The molecular weight excluding hydrogens is 294 g/mol. The number of H-pyrrole nitrogens is 1. The summed E-state index contributed by atoms with van der Waals surface area (Å²) in [5.41, 5.74) is 1.04. The quantitative estimate of drug-likeness (QED) is 0.860. The highest BCUT2D eigenvalue weighted by Crippen LogP contribution is 2.32. The lowest BCUT2D eigenvalue weighted by atomic mass is 9.92. The summed E-state index contributed by atoms with van der Waals surface area (Å²) in [4.78, 5) is 15.7. The van der Waals surface area contributed by atoms with Crippen molar-refractivity contribution in [1.82, 2.24) is 4.98 Å². The smallest absolute Gasteiger partial charge is 0.196 e. The van der Waals surface area contributed by atoms with Gasteiger partial charge in [0.2, 0.25) is 0 Å². The summed E-state index contributed by atoms with van der Waals surface area (Å²) in [5.74, 6) is 0.0735. The molecule has 2 aromatic rings. The molecule has 0 bridgehead atoms. The Balaban J connectivity index is 2.09. The number of hydrogen-bond donors (Lipinski definition) is 1. The first-order chi connectivity index (χ1) is 8.60. The van der Waals surface area contributed by atoms with Crippen molar-refractivity contribution in [2.45, 2.75) is 25.4 Å². The number of rotatable bonds is 2. The monoisotopic (exact) mass is 307 g/mol. The number of fused-ring (bicyclic) bond motifs is 1. The molecule has 1 atom stereocenters. The number of aromatic amines is 1. The molecule has 0 aliphatic carbocycles. The molecule has 4 heteroatoms. The number of Topliss-reactive ketones (excluding diaryl/α,β-unsaturated/α-hetero) is 1. The maximum atomic E-state index is 12.6. The minimum Gasteiger partial charge on any atom is -0.367 e. The Bertz CT molecular complexity index is 611. The molecule has 3 rings (SSSR count). The average Bonchev–Trinajstić information content (AvgIpc) is 2.95. The van der Waals surface area contributed by atoms with Crippen LogP contribution in [0.25, 0.3) is 10.9 Å². The van der Waals surface area contributed by atoms with Crippen LogP contribution >= 0.6 is 15.9 Å². The SMILES string of the molecule is CC1(C(=O)c2c[nH]c3ccc(Br)cc23)CCCO1. The summed E-state index contributed by atoms with van der Waals surface area (Å²) < 4.78 is 6.60. The third-order valence-corrected chi connectivity index (χ3v) is 4.08. The molecule has 18 heavy (non-hydrogen) atoms. The van der Waals surface area contributed by atoms with Gasteiger partial charge in [0.1, 0.15) is 5.60 Å². The van der Waals surface area contributed by atoms with Crippen molar-refractivity contribution in [3.63, 3.8) is 0 Å². The lowest BCUT2D eigenvalue weighted by Gasteiger charge is -2.20. The third kappa shape index (κ3) is 1.80. The van der Waals surface area contributed by atoms with Gasteiger partial charge in [0.25, 0.3) is 0 Å². The molecule has 0 radical (unpaired) electrons. The number of nitrogens with one attached hydrogen (secondary N) is 1. The van der Waals surface area contributed by atoms with Crippen molar-refractivity contribution in [2.75, 3.05) is 6.61 Å². The molecule has 94 valence electrons. The summed E-state index contributed by atoms with van der Waals surface area (Å²) >= 11 is 3.44. The van der Waals surface area contributed by atoms with E-state index in [4.69, 9.17) is 4.74 Å². The number of aromatic nitrogens is 1. The maximum absolute atomic E-state index is 12.6. The number of ketones is 1. The lowest BCUT2D eigenvalue weighted by molar-refractivity contribution is 0.0215. The normalized spacial score (nSPS) is 23.7. The largest absolute Gasteiger partial charge is 0.367 e. The van der Waals surface area contributed by atoms with E-state index < -0.39 is 5.60 Å². The van der Waals surface area contributed by atoms with E-state index in [1.165, 1.54) is 0 Å². The number of carbonyl (C=O) groups excluding carboxylic acids is 1. The number of ether oxygens (including phenoxy) is 1. The Hall–Kier alpha value is -1.13. The van der Waals surface area contributed by atoms with Crippen molar-refractivity contribution in [3.8, 4) is 0 Å². The van der Waals surface area contributed by atoms with E-state index in [1.807, 2.05) is 25.1 Å². The molecule has 1 aromatic carbocycles. The second-order valence-corrected chi connectivity index (χ2v) is 5.82. The average molecular weight is 308 g/mol. The Morgan fingerprint density at radius 2 is 2.33 bits per heavy atom. The van der Waals surface area contributed by atoms with Gasteiger partial charge in [-0.3, -0.25) is 4.79 Å². The fraction of sp³-hybridized carbons (Fsp3) is 0.357. The molecule has 1 aliphatic rings. The predicted molar refractivity (Wildman–Crippen MR) is 73.9 cm³/mol. The van der Waals surface area contributed by atoms with Crippen LogP contribution in [0.4, 0.5) is 0 Å². The second-order valence-electron chi connectivity index (χ2n) is 4.90. The van der Waals surface area contributed by atoms with Crippen molar-refractivity contribution >= 4 is 32.6 Å². The number of halogens is 1. The van der Waals surface area contributed by atoms with E-state index in [-0.39, 0.29) is 5.78 Å². The topological polar surface area (TPSA) is 42.1 Å². The van der Waals surface area contributed by atoms with Crippen molar-refractivity contribution < 1.29 is 9.53 Å². The molecule has 2 heterocycles. The van der Waals surface area contributed by atoms with Crippen LogP contribution in [0.5, 0.6) is 0 Å². The lowest BCUT2D eigenvalue weighted by Crippen LogP contribution is -2.34. The van der Waals surface area contributed by atoms with E-state index in [0.717, 1.165) is 33.8 Å². The highest BCUT2D eigenvalue weighted by atomic mass is 79.9. The van der Waals surface area contributed by atoms with Crippen LogP contribution in [0, 0.1) is 0 Å². The standard InChI is InChI=1S/C14H14BrNO2/c1-14(5-2-6-18-14)13(17)11-8-16-12-4-3-9(15)7-10(11)12/h3-4,7-8,16H,2,5-6H2,1H3. The van der Waals surface area contributed by atoms with Crippen LogP contribution in [-0.4, -0.2) is 23.0 Å². The van der Waals surface area contributed by atoms with E-state index >= 15 is 0 Å². The van der Waals surface area contributed by atoms with E-state index in [9.17, 15) is 4.79 Å². The number of hydrogen-bond acceptors (Lipinski definition) is 2. The molecule has 1 aliphatic heterocycles. The van der Waals surface area contributed by atoms with E-state index in [2.05, 4.69) is 20.9 Å². The maximum Gasteiger partial charge on any atom is 0.196 e. The van der Waals surface area contributed by atoms with Crippen molar-refractivity contribution in [1.29, 1.82) is 0 Å². The molecule has 3 nitrogen and oxygen atoms in total. The van der Waals surface area contributed by atoms with Gasteiger partial charge in [-0.05, 0) is 38.0 Å². The summed E-state index contributed by atoms with van der Waals surface area (Å²) in [6, 6.07) is 5.90. The highest BCUT2D eigenvalue weighted by Gasteiger charge is 2.39. The van der Waals surface area contributed by atoms with Gasteiger partial charge >= 0.3 is 0 Å². The van der Waals surface area contributed by atoms with Gasteiger partial charge in [-0.2, -0.15) is 0 Å². The van der Waals surface area contributed by atoms with Crippen LogP contribution in [-0.2, 0) is 4.74 Å². The number of benzene rings is 1. The summed E-state index contributed by atoms with van der Waals surface area (Å²) in [6.07, 6.45) is 3.53. The molecule has 1 unspecified atom stereocenters. The zero-order valence-corrected chi connectivity index (χ0v) is 11.7. The van der Waals surface area contributed by atoms with Crippen LogP contribution in [0.1, 0.15) is 30.1 Å². The molecule has 1 fully saturated rings. The van der Waals surface area contributed by atoms with Gasteiger partial charge in [-0.15, -0.1) is 0 Å². The molecule has 0 spiro atoms. The van der Waals surface area contributed by atoms with Gasteiger partial charge in [0.15, 0.2) is 5.78 Å². The molecule has 0 amide bonds. The first kappa shape index (κ1) is 11.9. The summed E-state index contributed by atoms with van der Waals surface area (Å²) in [6.45, 7) is 2.56. The van der Waals surface area contributed by atoms with Crippen LogP contribution in [0.2, 0.25) is 0 Å². The molecule has 0 saturated carbocycles. The first-order valence-electron chi connectivity index (χ1n) is 6.05. The Kier molecular flexibility index (Phi) is 2.79. The van der Waals surface area contributed by atoms with Gasteiger partial charge in [-0.1, -0.05) is 15.9 Å². The Labute approximate surface area is 114 Å². The fourth-order valence-electron chi connectivity index (χ4n) is 2.52. The predicted octanol–water partition coefficient (Wildman–Crippen LogP) is 3.68. The van der Waals surface area contributed by atoms with Crippen molar-refractivity contribution in [2.24, 2.45) is 0 Å². The van der Waals surface area contributed by atoms with Gasteiger partial charge in [0, 0.05) is 33.7 Å². The zero-order chi connectivity index (χ0) is 12.8. The molecule has 1 saturated heterocycles. The van der Waals surface area contributed by atoms with E-state index in [1.54, 1.807) is 6.20 Å². The van der Waals surface area contributed by atoms with Crippen LogP contribution in [0.15, 0.2) is 28.9 Å². The first-order valence-corrected chi connectivity index (χ1v) is 6.85. The molecule has 1 aromatic heterocycles. The fourth-order valence-corrected chi connectivity index (χ4v) is 2.88. The second kappa shape index (κ2) is 4.21.